The molecule has 3 N–H and O–H groups in total. The third-order valence-electron chi connectivity index (χ3n) is 2.68. The number of rotatable bonds is 6. The molecule has 0 radical (unpaired) electrons. The lowest BCUT2D eigenvalue weighted by Crippen LogP contribution is -2.22. The molecule has 0 amide bonds. The highest BCUT2D eigenvalue weighted by atomic mass is 16.5. The van der Waals surface area contributed by atoms with Crippen molar-refractivity contribution < 1.29 is 4.74 Å². The molecule has 0 aliphatic heterocycles. The molecule has 1 heterocycles. The first-order chi connectivity index (χ1) is 10.1. The van der Waals surface area contributed by atoms with Crippen molar-refractivity contribution in [1.82, 2.24) is 15.0 Å². The van der Waals surface area contributed by atoms with Crippen molar-refractivity contribution in [2.24, 2.45) is 5.84 Å². The fraction of sp³-hybridized carbons (Fsp3) is 0.357. The molecule has 0 unspecified atom stereocenters. The Bertz CT molecular complexity index is 575. The number of hydrazine groups is 1. The molecule has 0 spiro atoms. The maximum absolute atomic E-state index is 5.51. The smallest absolute Gasteiger partial charge is 0.323 e. The number of aromatic nitrogens is 3. The highest BCUT2D eigenvalue weighted by Gasteiger charge is 2.12. The van der Waals surface area contributed by atoms with Crippen LogP contribution in [-0.4, -0.2) is 28.1 Å². The fourth-order valence-electron chi connectivity index (χ4n) is 1.77. The van der Waals surface area contributed by atoms with Crippen LogP contribution < -0.4 is 20.9 Å². The summed E-state index contributed by atoms with van der Waals surface area (Å²) in [6.45, 7) is 4.50. The zero-order valence-corrected chi connectivity index (χ0v) is 12.4. The number of nitrogen functional groups attached to an aromatic ring is 1. The minimum Gasteiger partial charge on any atom is -0.461 e. The Morgan fingerprint density at radius 2 is 1.90 bits per heavy atom. The van der Waals surface area contributed by atoms with Crippen LogP contribution in [0, 0.1) is 0 Å². The van der Waals surface area contributed by atoms with Crippen molar-refractivity contribution in [1.29, 1.82) is 0 Å². The molecule has 7 heteroatoms. The number of nitrogens with one attached hydrogen (secondary N) is 1. The van der Waals surface area contributed by atoms with Gasteiger partial charge in [-0.05, 0) is 19.4 Å². The summed E-state index contributed by atoms with van der Waals surface area (Å²) in [4.78, 5) is 14.5. The van der Waals surface area contributed by atoms with Gasteiger partial charge in [-0.15, -0.1) is 0 Å². The van der Waals surface area contributed by atoms with Gasteiger partial charge in [0, 0.05) is 13.6 Å². The van der Waals surface area contributed by atoms with Crippen LogP contribution in [0.5, 0.6) is 6.01 Å². The number of hydrogen-bond acceptors (Lipinski definition) is 7. The number of nitrogens with zero attached hydrogens (tertiary/aromatic N) is 4. The monoisotopic (exact) mass is 288 g/mol. The molecule has 1 aromatic heterocycles. The van der Waals surface area contributed by atoms with Gasteiger partial charge in [-0.3, -0.25) is 5.43 Å². The lowest BCUT2D eigenvalue weighted by atomic mass is 10.2. The van der Waals surface area contributed by atoms with E-state index < -0.39 is 0 Å². The maximum atomic E-state index is 5.51. The number of hydrogen-bond donors (Lipinski definition) is 2. The summed E-state index contributed by atoms with van der Waals surface area (Å²) >= 11 is 0. The van der Waals surface area contributed by atoms with E-state index in [9.17, 15) is 0 Å². The maximum Gasteiger partial charge on any atom is 0.323 e. The highest BCUT2D eigenvalue weighted by molar-refractivity contribution is 5.38. The second-order valence-electron chi connectivity index (χ2n) is 4.89. The Hall–Kier alpha value is -2.41. The van der Waals surface area contributed by atoms with Crippen LogP contribution in [0.4, 0.5) is 11.9 Å². The zero-order valence-electron chi connectivity index (χ0n) is 12.4. The first-order valence-electron chi connectivity index (χ1n) is 6.73. The van der Waals surface area contributed by atoms with Crippen LogP contribution in [0.15, 0.2) is 30.3 Å². The van der Waals surface area contributed by atoms with Crippen molar-refractivity contribution in [3.05, 3.63) is 35.9 Å². The van der Waals surface area contributed by atoms with Crippen molar-refractivity contribution >= 4 is 11.9 Å². The Morgan fingerprint density at radius 3 is 2.52 bits per heavy atom. The summed E-state index contributed by atoms with van der Waals surface area (Å²) in [6.07, 6.45) is -0.0229. The fourth-order valence-corrected chi connectivity index (χ4v) is 1.77. The number of benzene rings is 1. The first-order valence-corrected chi connectivity index (χ1v) is 6.73. The van der Waals surface area contributed by atoms with E-state index in [0.29, 0.717) is 12.5 Å². The average Bonchev–Trinajstić information content (AvgIpc) is 2.47. The second kappa shape index (κ2) is 6.85. The van der Waals surface area contributed by atoms with Crippen molar-refractivity contribution in [3.63, 3.8) is 0 Å². The average molecular weight is 288 g/mol. The van der Waals surface area contributed by atoms with Gasteiger partial charge >= 0.3 is 6.01 Å². The van der Waals surface area contributed by atoms with E-state index in [4.69, 9.17) is 10.6 Å². The third-order valence-corrected chi connectivity index (χ3v) is 2.68. The third kappa shape index (κ3) is 4.28. The number of nitrogens with two attached hydrogens (primary N) is 1. The molecule has 2 aromatic rings. The van der Waals surface area contributed by atoms with E-state index >= 15 is 0 Å². The Balaban J connectivity index is 2.21. The van der Waals surface area contributed by atoms with E-state index in [1.54, 1.807) is 0 Å². The summed E-state index contributed by atoms with van der Waals surface area (Å²) in [5, 5.41) is 0. The largest absolute Gasteiger partial charge is 0.461 e. The van der Waals surface area contributed by atoms with Crippen LogP contribution in [0.2, 0.25) is 0 Å². The minimum absolute atomic E-state index is 0.0229. The van der Waals surface area contributed by atoms with Gasteiger partial charge in [-0.2, -0.15) is 15.0 Å². The van der Waals surface area contributed by atoms with Gasteiger partial charge in [-0.1, -0.05) is 30.3 Å². The lowest BCUT2D eigenvalue weighted by molar-refractivity contribution is 0.222. The van der Waals surface area contributed by atoms with Gasteiger partial charge in [0.15, 0.2) is 0 Å². The second-order valence-corrected chi connectivity index (χ2v) is 4.89. The minimum atomic E-state index is -0.0229. The van der Waals surface area contributed by atoms with Crippen LogP contribution in [0.1, 0.15) is 19.4 Å². The van der Waals surface area contributed by atoms with Crippen molar-refractivity contribution in [2.75, 3.05) is 17.4 Å². The van der Waals surface area contributed by atoms with E-state index in [1.165, 1.54) is 0 Å². The molecule has 0 bridgehead atoms. The number of ether oxygens (including phenoxy) is 1. The van der Waals surface area contributed by atoms with Gasteiger partial charge in [0.05, 0.1) is 6.10 Å². The van der Waals surface area contributed by atoms with Gasteiger partial charge in [-0.25, -0.2) is 5.84 Å². The predicted octanol–water partition coefficient (Wildman–Crippen LogP) is 1.58. The SMILES string of the molecule is CC(C)Oc1nc(NN)nc(N(C)Cc2ccccc2)n1. The molecule has 0 atom stereocenters. The topological polar surface area (TPSA) is 89.2 Å². The molecule has 0 aliphatic carbocycles. The predicted molar refractivity (Wildman–Crippen MR) is 82.0 cm³/mol. The van der Waals surface area contributed by atoms with E-state index in [0.717, 1.165) is 5.56 Å². The summed E-state index contributed by atoms with van der Waals surface area (Å²) in [7, 11) is 1.90. The summed E-state index contributed by atoms with van der Waals surface area (Å²) < 4.78 is 5.51. The van der Waals surface area contributed by atoms with Crippen LogP contribution in [0.3, 0.4) is 0 Å². The molecule has 7 nitrogen and oxygen atoms in total. The van der Waals surface area contributed by atoms with Gasteiger partial charge < -0.3 is 9.64 Å². The van der Waals surface area contributed by atoms with E-state index in [2.05, 4.69) is 20.4 Å². The Labute approximate surface area is 124 Å². The Morgan fingerprint density at radius 1 is 1.19 bits per heavy atom. The zero-order chi connectivity index (χ0) is 15.2. The van der Waals surface area contributed by atoms with E-state index in [-0.39, 0.29) is 18.1 Å². The summed E-state index contributed by atoms with van der Waals surface area (Å²) in [6, 6.07) is 10.3. The Kier molecular flexibility index (Phi) is 4.89. The summed E-state index contributed by atoms with van der Waals surface area (Å²) in [5.41, 5.74) is 3.59. The standard InChI is InChI=1S/C14H20N6O/c1-10(2)21-14-17-12(19-15)16-13(18-14)20(3)9-11-7-5-4-6-8-11/h4-8,10H,9,15H2,1-3H3,(H,16,17,18,19). The molecule has 1 aromatic carbocycles. The molecule has 112 valence electrons. The molecular formula is C14H20N6O. The number of anilines is 2. The molecule has 0 fully saturated rings. The molecule has 21 heavy (non-hydrogen) atoms. The van der Waals surface area contributed by atoms with Crippen LogP contribution >= 0.6 is 0 Å². The normalized spacial score (nSPS) is 10.5. The molecule has 0 saturated carbocycles. The van der Waals surface area contributed by atoms with Gasteiger partial charge in [0.1, 0.15) is 0 Å². The highest BCUT2D eigenvalue weighted by Crippen LogP contribution is 2.16. The van der Waals surface area contributed by atoms with Crippen molar-refractivity contribution in [3.8, 4) is 6.01 Å². The molecular weight excluding hydrogens is 268 g/mol. The molecule has 0 aliphatic rings. The van der Waals surface area contributed by atoms with Crippen molar-refractivity contribution in [2.45, 2.75) is 26.5 Å². The van der Waals surface area contributed by atoms with E-state index in [1.807, 2.05) is 56.1 Å². The molecule has 2 rings (SSSR count). The van der Waals surface area contributed by atoms with Gasteiger partial charge in [0.25, 0.3) is 0 Å². The van der Waals surface area contributed by atoms with Gasteiger partial charge in [0.2, 0.25) is 11.9 Å². The quantitative estimate of drug-likeness (QED) is 0.616. The first kappa shape index (κ1) is 15.0. The molecule has 0 saturated heterocycles. The summed E-state index contributed by atoms with van der Waals surface area (Å²) in [5.74, 6) is 6.17. The van der Waals surface area contributed by atoms with Crippen LogP contribution in [0.25, 0.3) is 0 Å². The van der Waals surface area contributed by atoms with Crippen LogP contribution in [-0.2, 0) is 6.54 Å². The lowest BCUT2D eigenvalue weighted by Gasteiger charge is -2.18.